The summed E-state index contributed by atoms with van der Waals surface area (Å²) in [5.74, 6) is -0.480. The van der Waals surface area contributed by atoms with Crippen molar-refractivity contribution < 1.29 is 14.4 Å². The lowest BCUT2D eigenvalue weighted by atomic mass is 9.86. The topological polar surface area (TPSA) is 115 Å². The summed E-state index contributed by atoms with van der Waals surface area (Å²) < 4.78 is 0. The molecule has 1 aromatic carbocycles. The average molecular weight is 531 g/mol. The number of piperidine rings is 1. The van der Waals surface area contributed by atoms with Crippen LogP contribution in [-0.2, 0) is 9.59 Å². The van der Waals surface area contributed by atoms with Crippen molar-refractivity contribution in [3.63, 3.8) is 0 Å². The molecule has 38 heavy (non-hydrogen) atoms. The van der Waals surface area contributed by atoms with Gasteiger partial charge < -0.3 is 21.3 Å². The fourth-order valence-corrected chi connectivity index (χ4v) is 7.44. The fraction of sp³-hybridized carbons (Fsp3) is 0.357. The highest BCUT2D eigenvalue weighted by molar-refractivity contribution is 8.04. The van der Waals surface area contributed by atoms with E-state index in [2.05, 4.69) is 32.8 Å². The molecule has 4 heterocycles. The molecule has 196 valence electrons. The average Bonchev–Trinajstić information content (AvgIpc) is 3.54. The van der Waals surface area contributed by atoms with E-state index in [9.17, 15) is 14.4 Å². The number of amides is 4. The van der Waals surface area contributed by atoms with E-state index in [-0.39, 0.29) is 47.3 Å². The van der Waals surface area contributed by atoms with Gasteiger partial charge in [-0.15, -0.1) is 0 Å². The van der Waals surface area contributed by atoms with Crippen molar-refractivity contribution >= 4 is 35.3 Å². The second kappa shape index (κ2) is 10.3. The summed E-state index contributed by atoms with van der Waals surface area (Å²) in [6.45, 7) is 4.27. The number of urea groups is 1. The molecular formula is C28H30N6O3S. The molecule has 0 spiro atoms. The minimum absolute atomic E-state index is 0.0112. The number of carbonyl (C=O) groups excluding carboxylic acids is 3. The molecule has 1 aliphatic carbocycles. The smallest absolute Gasteiger partial charge is 0.326 e. The van der Waals surface area contributed by atoms with Crippen LogP contribution in [0.4, 0.5) is 10.5 Å². The number of nitrogens with zero attached hydrogens (tertiary/aromatic N) is 2. The number of rotatable bonds is 6. The Bertz CT molecular complexity index is 1310. The third-order valence-electron chi connectivity index (χ3n) is 7.78. The van der Waals surface area contributed by atoms with Crippen LogP contribution in [-0.4, -0.2) is 52.9 Å². The molecule has 5 atom stereocenters. The molecular weight excluding hydrogens is 500 g/mol. The van der Waals surface area contributed by atoms with Gasteiger partial charge >= 0.3 is 6.03 Å². The number of hydrogen-bond acceptors (Lipinski definition) is 6. The number of hydrogen-bond donors (Lipinski definition) is 4. The number of anilines is 1. The summed E-state index contributed by atoms with van der Waals surface area (Å²) in [6.07, 6.45) is 6.28. The van der Waals surface area contributed by atoms with Crippen molar-refractivity contribution in [1.29, 1.82) is 0 Å². The third-order valence-corrected chi connectivity index (χ3v) is 9.14. The first-order valence-corrected chi connectivity index (χ1v) is 13.9. The summed E-state index contributed by atoms with van der Waals surface area (Å²) in [5, 5.41) is 12.6. The Morgan fingerprint density at radius 1 is 1.11 bits per heavy atom. The Labute approximate surface area is 225 Å². The zero-order valence-corrected chi connectivity index (χ0v) is 21.7. The van der Waals surface area contributed by atoms with Gasteiger partial charge in [0.1, 0.15) is 0 Å². The van der Waals surface area contributed by atoms with Gasteiger partial charge in [-0.05, 0) is 50.4 Å². The highest BCUT2D eigenvalue weighted by atomic mass is 32.2. The Balaban J connectivity index is 1.26. The second-order valence-corrected chi connectivity index (χ2v) is 11.2. The van der Waals surface area contributed by atoms with Crippen molar-refractivity contribution in [1.82, 2.24) is 26.3 Å². The van der Waals surface area contributed by atoms with Crippen LogP contribution in [0.2, 0.25) is 0 Å². The Hall–Kier alpha value is -3.63. The normalized spacial score (nSPS) is 27.9. The summed E-state index contributed by atoms with van der Waals surface area (Å²) >= 11 is 1.48. The van der Waals surface area contributed by atoms with Crippen LogP contribution in [0.15, 0.2) is 71.9 Å². The highest BCUT2D eigenvalue weighted by Gasteiger charge is 2.52. The molecule has 4 N–H and O–H groups in total. The predicted molar refractivity (Wildman–Crippen MR) is 147 cm³/mol. The van der Waals surface area contributed by atoms with Crippen molar-refractivity contribution in [2.24, 2.45) is 5.92 Å². The maximum atomic E-state index is 13.5. The zero-order valence-electron chi connectivity index (χ0n) is 20.9. The first-order valence-electron chi connectivity index (χ1n) is 13.0. The van der Waals surface area contributed by atoms with Gasteiger partial charge in [0.25, 0.3) is 5.91 Å². The molecule has 1 saturated carbocycles. The number of carbonyl (C=O) groups is 3. The van der Waals surface area contributed by atoms with Crippen molar-refractivity contribution in [2.75, 3.05) is 11.4 Å². The molecule has 3 fully saturated rings. The quantitative estimate of drug-likeness (QED) is 0.427. The molecule has 3 unspecified atom stereocenters. The lowest BCUT2D eigenvalue weighted by Gasteiger charge is -2.45. The number of pyridine rings is 1. The summed E-state index contributed by atoms with van der Waals surface area (Å²) in [5.41, 5.74) is 3.27. The van der Waals surface area contributed by atoms with E-state index < -0.39 is 0 Å². The van der Waals surface area contributed by atoms with Gasteiger partial charge in [0.05, 0.1) is 22.0 Å². The minimum atomic E-state index is -0.239. The minimum Gasteiger partial charge on any atom is -0.348 e. The first-order chi connectivity index (χ1) is 18.5. The Morgan fingerprint density at radius 3 is 2.68 bits per heavy atom. The molecule has 4 aliphatic rings. The van der Waals surface area contributed by atoms with Gasteiger partial charge in [-0.1, -0.05) is 48.7 Å². The molecule has 2 aromatic rings. The maximum Gasteiger partial charge on any atom is 0.326 e. The summed E-state index contributed by atoms with van der Waals surface area (Å²) in [7, 11) is 0. The SMILES string of the molecule is C=CC(=O)N[C@H]1CCC[C@H]1NC(=O)C1=C2NC(=O)N(c3ccnc(-c4ccccc4)c3)C3CCNC(S1)C23. The third kappa shape index (κ3) is 4.48. The van der Waals surface area contributed by atoms with Crippen molar-refractivity contribution in [2.45, 2.75) is 49.2 Å². The van der Waals surface area contributed by atoms with Gasteiger partial charge in [0.2, 0.25) is 5.91 Å². The summed E-state index contributed by atoms with van der Waals surface area (Å²) in [4.78, 5) is 45.8. The first kappa shape index (κ1) is 24.7. The van der Waals surface area contributed by atoms with Gasteiger partial charge in [-0.3, -0.25) is 19.5 Å². The Kier molecular flexibility index (Phi) is 6.67. The maximum absolute atomic E-state index is 13.5. The van der Waals surface area contributed by atoms with Crippen LogP contribution < -0.4 is 26.2 Å². The summed E-state index contributed by atoms with van der Waals surface area (Å²) in [6, 6.07) is 13.1. The van der Waals surface area contributed by atoms with Crippen molar-refractivity contribution in [3.8, 4) is 11.3 Å². The number of aromatic nitrogens is 1. The molecule has 10 heteroatoms. The van der Waals surface area contributed by atoms with E-state index in [1.165, 1.54) is 17.8 Å². The van der Waals surface area contributed by atoms with Crippen LogP contribution in [0.3, 0.4) is 0 Å². The van der Waals surface area contributed by atoms with E-state index >= 15 is 0 Å². The monoisotopic (exact) mass is 530 g/mol. The number of thioether (sulfide) groups is 1. The lowest BCUT2D eigenvalue weighted by molar-refractivity contribution is -0.119. The lowest BCUT2D eigenvalue weighted by Crippen LogP contribution is -2.62. The zero-order chi connectivity index (χ0) is 26.2. The molecule has 6 rings (SSSR count). The second-order valence-electron chi connectivity index (χ2n) is 10.0. The molecule has 4 amide bonds. The molecule has 2 saturated heterocycles. The molecule has 9 nitrogen and oxygen atoms in total. The van der Waals surface area contributed by atoms with Crippen molar-refractivity contribution in [3.05, 3.63) is 71.9 Å². The van der Waals surface area contributed by atoms with Crippen LogP contribution in [0.1, 0.15) is 25.7 Å². The van der Waals surface area contributed by atoms with Gasteiger partial charge in [0, 0.05) is 41.1 Å². The highest BCUT2D eigenvalue weighted by Crippen LogP contribution is 2.48. The van der Waals surface area contributed by atoms with E-state index in [0.29, 0.717) is 10.6 Å². The van der Waals surface area contributed by atoms with Gasteiger partial charge in [0.15, 0.2) is 0 Å². The largest absolute Gasteiger partial charge is 0.348 e. The standard InChI is InChI=1S/C28H30N6O3S/c1-2-22(35)31-18-9-6-10-19(18)32-26(36)25-24-23-21(12-14-30-27(23)38-25)34(28(37)33-24)17-11-13-29-20(15-17)16-7-4-3-5-8-16/h2-5,7-8,11,13,15,18-19,21,23,27,30H,1,6,9-10,12,14H2,(H,31,35)(H,32,36)(H,33,37)/t18-,19+,21?,23?,27?/m0/s1. The fourth-order valence-electron chi connectivity index (χ4n) is 6.04. The van der Waals surface area contributed by atoms with E-state index in [1.54, 1.807) is 6.20 Å². The van der Waals surface area contributed by atoms with Crippen LogP contribution in [0.25, 0.3) is 11.3 Å². The van der Waals surface area contributed by atoms with E-state index in [1.807, 2.05) is 47.4 Å². The van der Waals surface area contributed by atoms with Gasteiger partial charge in [-0.25, -0.2) is 4.79 Å². The molecule has 3 aliphatic heterocycles. The molecule has 1 aromatic heterocycles. The molecule has 0 radical (unpaired) electrons. The van der Waals surface area contributed by atoms with Crippen LogP contribution in [0, 0.1) is 5.92 Å². The predicted octanol–water partition coefficient (Wildman–Crippen LogP) is 2.88. The van der Waals surface area contributed by atoms with E-state index in [0.717, 1.165) is 49.2 Å². The molecule has 0 bridgehead atoms. The van der Waals surface area contributed by atoms with Crippen LogP contribution >= 0.6 is 11.8 Å². The Morgan fingerprint density at radius 2 is 1.89 bits per heavy atom. The van der Waals surface area contributed by atoms with Gasteiger partial charge in [-0.2, -0.15) is 0 Å². The van der Waals surface area contributed by atoms with E-state index in [4.69, 9.17) is 0 Å². The number of benzene rings is 1. The number of nitrogens with one attached hydrogen (secondary N) is 4. The van der Waals surface area contributed by atoms with Crippen LogP contribution in [0.5, 0.6) is 0 Å².